The van der Waals surface area contributed by atoms with Crippen molar-refractivity contribution in [2.24, 2.45) is 0 Å². The van der Waals surface area contributed by atoms with Crippen LogP contribution in [0.25, 0.3) is 0 Å². The fourth-order valence-electron chi connectivity index (χ4n) is 1.54. The van der Waals surface area contributed by atoms with Gasteiger partial charge in [0.05, 0.1) is 7.11 Å². The minimum absolute atomic E-state index is 0.228. The molecule has 0 saturated heterocycles. The smallest absolute Gasteiger partial charge is 0.198 e. The monoisotopic (exact) mass is 194 g/mol. The average Bonchev–Trinajstić information content (AvgIpc) is 2.47. The van der Waals surface area contributed by atoms with Crippen molar-refractivity contribution in [3.05, 3.63) is 23.3 Å². The van der Waals surface area contributed by atoms with Crippen LogP contribution in [0.15, 0.2) is 17.0 Å². The molecule has 0 aliphatic carbocycles. The number of hydrogen-bond donors (Lipinski definition) is 0. The maximum absolute atomic E-state index is 11.2. The first kappa shape index (κ1) is 8.63. The molecule has 3 heteroatoms. The molecular formula is C10H10O2S. The summed E-state index contributed by atoms with van der Waals surface area (Å²) < 4.78 is 5.18. The zero-order chi connectivity index (χ0) is 9.42. The summed E-state index contributed by atoms with van der Waals surface area (Å²) in [4.78, 5) is 12.3. The molecule has 0 saturated carbocycles. The minimum atomic E-state index is 0.228. The molecule has 0 amide bonds. The summed E-state index contributed by atoms with van der Waals surface area (Å²) in [6.07, 6.45) is 0.560. The highest BCUT2D eigenvalue weighted by Gasteiger charge is 2.22. The van der Waals surface area contributed by atoms with Gasteiger partial charge < -0.3 is 4.74 Å². The topological polar surface area (TPSA) is 26.3 Å². The quantitative estimate of drug-likeness (QED) is 0.685. The van der Waals surface area contributed by atoms with Crippen molar-refractivity contribution in [1.82, 2.24) is 0 Å². The first-order valence-corrected chi connectivity index (χ1v) is 4.91. The molecule has 1 aliphatic rings. The number of fused-ring (bicyclic) bond motifs is 1. The highest BCUT2D eigenvalue weighted by Crippen LogP contribution is 2.38. The molecule has 0 unspecified atom stereocenters. The van der Waals surface area contributed by atoms with Crippen molar-refractivity contribution >= 4 is 16.9 Å². The van der Waals surface area contributed by atoms with Crippen LogP contribution in [-0.4, -0.2) is 12.2 Å². The molecule has 0 spiro atoms. The Morgan fingerprint density at radius 3 is 2.92 bits per heavy atom. The summed E-state index contributed by atoms with van der Waals surface area (Å²) in [5.74, 6) is 0.862. The van der Waals surface area contributed by atoms with E-state index in [-0.39, 0.29) is 5.12 Å². The van der Waals surface area contributed by atoms with Crippen LogP contribution in [0.3, 0.4) is 0 Å². The summed E-state index contributed by atoms with van der Waals surface area (Å²) in [5, 5.41) is 0.228. The Morgan fingerprint density at radius 1 is 1.46 bits per heavy atom. The van der Waals surface area contributed by atoms with Gasteiger partial charge in [0, 0.05) is 16.9 Å². The van der Waals surface area contributed by atoms with Gasteiger partial charge in [-0.25, -0.2) is 0 Å². The number of methoxy groups -OCH3 is 1. The number of carbonyl (C=O) groups excluding carboxylic acids is 1. The van der Waals surface area contributed by atoms with E-state index in [1.807, 2.05) is 19.1 Å². The fraction of sp³-hybridized carbons (Fsp3) is 0.300. The summed E-state index contributed by atoms with van der Waals surface area (Å²) in [6.45, 7) is 1.99. The van der Waals surface area contributed by atoms with E-state index in [1.54, 1.807) is 7.11 Å². The van der Waals surface area contributed by atoms with Crippen LogP contribution in [0.4, 0.5) is 0 Å². The third-order valence-corrected chi connectivity index (χ3v) is 3.35. The largest absolute Gasteiger partial charge is 0.496 e. The van der Waals surface area contributed by atoms with Gasteiger partial charge in [0.25, 0.3) is 0 Å². The van der Waals surface area contributed by atoms with Gasteiger partial charge in [-0.05, 0) is 18.6 Å². The number of carbonyl (C=O) groups is 1. The van der Waals surface area contributed by atoms with E-state index in [0.29, 0.717) is 6.42 Å². The van der Waals surface area contributed by atoms with Crippen LogP contribution in [0.2, 0.25) is 0 Å². The predicted molar refractivity (Wildman–Crippen MR) is 52.3 cm³/mol. The third-order valence-electron chi connectivity index (χ3n) is 2.21. The van der Waals surface area contributed by atoms with Gasteiger partial charge in [-0.2, -0.15) is 0 Å². The molecule has 0 bridgehead atoms. The van der Waals surface area contributed by atoms with Crippen molar-refractivity contribution < 1.29 is 9.53 Å². The van der Waals surface area contributed by atoms with E-state index < -0.39 is 0 Å². The standard InChI is InChI=1S/C10H10O2S/c1-6-8(12-2)4-3-7-5-9(11)13-10(6)7/h3-4H,5H2,1-2H3. The number of rotatable bonds is 1. The number of hydrogen-bond acceptors (Lipinski definition) is 3. The van der Waals surface area contributed by atoms with E-state index >= 15 is 0 Å². The van der Waals surface area contributed by atoms with E-state index in [1.165, 1.54) is 11.8 Å². The van der Waals surface area contributed by atoms with Crippen LogP contribution in [-0.2, 0) is 11.2 Å². The number of thioether (sulfide) groups is 1. The summed E-state index contributed by atoms with van der Waals surface area (Å²) >= 11 is 1.33. The van der Waals surface area contributed by atoms with Crippen molar-refractivity contribution in [2.45, 2.75) is 18.2 Å². The summed E-state index contributed by atoms with van der Waals surface area (Å²) in [6, 6.07) is 3.90. The van der Waals surface area contributed by atoms with Crippen LogP contribution >= 0.6 is 11.8 Å². The van der Waals surface area contributed by atoms with Gasteiger partial charge in [0.15, 0.2) is 5.12 Å². The first-order chi connectivity index (χ1) is 6.22. The van der Waals surface area contributed by atoms with Crippen molar-refractivity contribution in [3.8, 4) is 5.75 Å². The SMILES string of the molecule is COc1ccc2c(c1C)SC(=O)C2. The van der Waals surface area contributed by atoms with E-state index in [9.17, 15) is 4.79 Å². The zero-order valence-corrected chi connectivity index (χ0v) is 8.40. The molecule has 0 fully saturated rings. The molecule has 1 aromatic rings. The Hall–Kier alpha value is -0.960. The lowest BCUT2D eigenvalue weighted by Gasteiger charge is -2.07. The zero-order valence-electron chi connectivity index (χ0n) is 7.59. The van der Waals surface area contributed by atoms with Gasteiger partial charge in [0.1, 0.15) is 5.75 Å². The summed E-state index contributed by atoms with van der Waals surface area (Å²) in [5.41, 5.74) is 2.21. The second kappa shape index (κ2) is 3.07. The molecule has 2 nitrogen and oxygen atoms in total. The van der Waals surface area contributed by atoms with Crippen molar-refractivity contribution in [1.29, 1.82) is 0 Å². The van der Waals surface area contributed by atoms with Crippen LogP contribution < -0.4 is 4.74 Å². The lowest BCUT2D eigenvalue weighted by Crippen LogP contribution is -1.90. The Balaban J connectivity index is 2.54. The molecule has 0 aromatic heterocycles. The molecule has 0 atom stereocenters. The molecule has 1 aromatic carbocycles. The molecule has 0 N–H and O–H groups in total. The fourth-order valence-corrected chi connectivity index (χ4v) is 2.52. The maximum atomic E-state index is 11.2. The lowest BCUT2D eigenvalue weighted by atomic mass is 10.1. The van der Waals surface area contributed by atoms with E-state index in [4.69, 9.17) is 4.74 Å². The van der Waals surface area contributed by atoms with Gasteiger partial charge >= 0.3 is 0 Å². The molecular weight excluding hydrogens is 184 g/mol. The number of benzene rings is 1. The predicted octanol–water partition coefficient (Wildman–Crippen LogP) is 2.18. The highest BCUT2D eigenvalue weighted by molar-refractivity contribution is 8.14. The van der Waals surface area contributed by atoms with Crippen LogP contribution in [0, 0.1) is 6.92 Å². The second-order valence-corrected chi connectivity index (χ2v) is 4.10. The van der Waals surface area contributed by atoms with Crippen molar-refractivity contribution in [2.75, 3.05) is 7.11 Å². The van der Waals surface area contributed by atoms with Crippen LogP contribution in [0.1, 0.15) is 11.1 Å². The number of ether oxygens (including phenoxy) is 1. The maximum Gasteiger partial charge on any atom is 0.198 e. The van der Waals surface area contributed by atoms with Gasteiger partial charge in [-0.3, -0.25) is 4.79 Å². The van der Waals surface area contributed by atoms with E-state index in [0.717, 1.165) is 21.8 Å². The Morgan fingerprint density at radius 2 is 2.23 bits per heavy atom. The van der Waals surface area contributed by atoms with E-state index in [2.05, 4.69) is 0 Å². The van der Waals surface area contributed by atoms with Gasteiger partial charge in [-0.1, -0.05) is 17.8 Å². The minimum Gasteiger partial charge on any atom is -0.496 e. The Kier molecular flexibility index (Phi) is 2.04. The molecule has 1 heterocycles. The van der Waals surface area contributed by atoms with Gasteiger partial charge in [0.2, 0.25) is 0 Å². The Bertz CT molecular complexity index is 371. The normalized spacial score (nSPS) is 14.5. The molecule has 68 valence electrons. The summed E-state index contributed by atoms with van der Waals surface area (Å²) in [7, 11) is 1.65. The average molecular weight is 194 g/mol. The molecule has 1 aliphatic heterocycles. The Labute approximate surface area is 81.3 Å². The lowest BCUT2D eigenvalue weighted by molar-refractivity contribution is -0.110. The van der Waals surface area contributed by atoms with Crippen LogP contribution in [0.5, 0.6) is 5.75 Å². The third kappa shape index (κ3) is 1.33. The molecule has 2 rings (SSSR count). The van der Waals surface area contributed by atoms with Gasteiger partial charge in [-0.15, -0.1) is 0 Å². The second-order valence-electron chi connectivity index (χ2n) is 3.03. The molecule has 0 radical (unpaired) electrons. The molecule has 13 heavy (non-hydrogen) atoms. The first-order valence-electron chi connectivity index (χ1n) is 4.09. The van der Waals surface area contributed by atoms with Crippen molar-refractivity contribution in [3.63, 3.8) is 0 Å². The highest BCUT2D eigenvalue weighted by atomic mass is 32.2.